The van der Waals surface area contributed by atoms with E-state index in [1.165, 1.54) is 32.1 Å². The predicted molar refractivity (Wildman–Crippen MR) is 84.1 cm³/mol. The maximum Gasteiger partial charge on any atom is 0.269 e. The van der Waals surface area contributed by atoms with Crippen molar-refractivity contribution >= 4 is 17.4 Å². The highest BCUT2D eigenvalue weighted by atomic mass is 32.2. The molecule has 20 heavy (non-hydrogen) atoms. The summed E-state index contributed by atoms with van der Waals surface area (Å²) in [6.07, 6.45) is 11.4. The predicted octanol–water partition coefficient (Wildman–Crippen LogP) is 5.21. The summed E-state index contributed by atoms with van der Waals surface area (Å²) in [7, 11) is 0. The van der Waals surface area contributed by atoms with Gasteiger partial charge in [-0.1, -0.05) is 31.4 Å². The lowest BCUT2D eigenvalue weighted by atomic mass is 9.89. The first-order valence-electron chi connectivity index (χ1n) is 7.24. The van der Waals surface area contributed by atoms with E-state index in [4.69, 9.17) is 0 Å². The monoisotopic (exact) mass is 291 g/mol. The van der Waals surface area contributed by atoms with Gasteiger partial charge in [-0.15, -0.1) is 11.8 Å². The van der Waals surface area contributed by atoms with E-state index >= 15 is 0 Å². The number of thioether (sulfide) groups is 1. The molecule has 1 fully saturated rings. The molecular weight excluding hydrogens is 270 g/mol. The molecule has 1 unspecified atom stereocenters. The number of nitro benzene ring substituents is 1. The molecule has 1 aliphatic rings. The highest BCUT2D eigenvalue weighted by molar-refractivity contribution is 8.00. The van der Waals surface area contributed by atoms with Crippen LogP contribution in [0.4, 0.5) is 5.69 Å². The number of benzene rings is 1. The van der Waals surface area contributed by atoms with Gasteiger partial charge in [0.1, 0.15) is 0 Å². The van der Waals surface area contributed by atoms with Crippen LogP contribution in [0.15, 0.2) is 41.3 Å². The van der Waals surface area contributed by atoms with Crippen molar-refractivity contribution in [3.63, 3.8) is 0 Å². The third-order valence-electron chi connectivity index (χ3n) is 3.67. The Kier molecular flexibility index (Phi) is 5.65. The minimum Gasteiger partial charge on any atom is -0.258 e. The molecule has 0 aromatic heterocycles. The second-order valence-corrected chi connectivity index (χ2v) is 6.81. The highest BCUT2D eigenvalue weighted by Crippen LogP contribution is 2.28. The Morgan fingerprint density at radius 1 is 1.25 bits per heavy atom. The molecule has 1 aliphatic carbocycles. The van der Waals surface area contributed by atoms with Gasteiger partial charge in [0.05, 0.1) is 4.92 Å². The number of non-ortho nitro benzene ring substituents is 1. The van der Waals surface area contributed by atoms with Crippen molar-refractivity contribution < 1.29 is 4.92 Å². The average molecular weight is 291 g/mol. The van der Waals surface area contributed by atoms with E-state index in [9.17, 15) is 10.1 Å². The molecule has 108 valence electrons. The lowest BCUT2D eigenvalue weighted by Gasteiger charge is -2.18. The summed E-state index contributed by atoms with van der Waals surface area (Å²) in [6.45, 7) is 2.17. The summed E-state index contributed by atoms with van der Waals surface area (Å²) in [5, 5.41) is 11.0. The summed E-state index contributed by atoms with van der Waals surface area (Å²) in [5.41, 5.74) is 0.153. The maximum absolute atomic E-state index is 10.6. The number of rotatable bonds is 5. The fraction of sp³-hybridized carbons (Fsp3) is 0.500. The van der Waals surface area contributed by atoms with E-state index in [2.05, 4.69) is 19.1 Å². The van der Waals surface area contributed by atoms with Gasteiger partial charge in [-0.25, -0.2) is 0 Å². The molecule has 4 heteroatoms. The van der Waals surface area contributed by atoms with Gasteiger partial charge in [-0.2, -0.15) is 0 Å². The molecule has 2 rings (SSSR count). The van der Waals surface area contributed by atoms with E-state index in [1.807, 2.05) is 12.1 Å². The van der Waals surface area contributed by atoms with Crippen LogP contribution in [0.1, 0.15) is 39.0 Å². The van der Waals surface area contributed by atoms with Crippen LogP contribution >= 0.6 is 11.8 Å². The van der Waals surface area contributed by atoms with Crippen LogP contribution < -0.4 is 0 Å². The van der Waals surface area contributed by atoms with Crippen LogP contribution in [-0.4, -0.2) is 10.2 Å². The second-order valence-electron chi connectivity index (χ2n) is 5.36. The molecule has 1 saturated carbocycles. The molecule has 0 aliphatic heterocycles. The van der Waals surface area contributed by atoms with Crippen molar-refractivity contribution in [1.82, 2.24) is 0 Å². The van der Waals surface area contributed by atoms with Crippen LogP contribution in [-0.2, 0) is 0 Å². The molecule has 0 spiro atoms. The molecule has 0 heterocycles. The normalized spacial score (nSPS) is 18.2. The fourth-order valence-electron chi connectivity index (χ4n) is 2.54. The summed E-state index contributed by atoms with van der Waals surface area (Å²) in [6, 6.07) is 6.79. The van der Waals surface area contributed by atoms with Gasteiger partial charge in [0, 0.05) is 22.3 Å². The van der Waals surface area contributed by atoms with Gasteiger partial charge >= 0.3 is 0 Å². The van der Waals surface area contributed by atoms with Crippen LogP contribution in [0.5, 0.6) is 0 Å². The Bertz CT molecular complexity index is 464. The molecule has 1 atom stereocenters. The molecule has 3 nitrogen and oxygen atoms in total. The van der Waals surface area contributed by atoms with Crippen LogP contribution in [0.2, 0.25) is 0 Å². The van der Waals surface area contributed by atoms with Gasteiger partial charge in [0.2, 0.25) is 0 Å². The first-order valence-corrected chi connectivity index (χ1v) is 8.12. The van der Waals surface area contributed by atoms with Crippen LogP contribution in [0, 0.1) is 16.0 Å². The quantitative estimate of drug-likeness (QED) is 0.323. The fourth-order valence-corrected chi connectivity index (χ4v) is 3.43. The Balaban J connectivity index is 1.85. The third kappa shape index (κ3) is 4.67. The summed E-state index contributed by atoms with van der Waals surface area (Å²) >= 11 is 1.74. The van der Waals surface area contributed by atoms with Gasteiger partial charge in [-0.05, 0) is 37.8 Å². The highest BCUT2D eigenvalue weighted by Gasteiger charge is 2.11. The van der Waals surface area contributed by atoms with Gasteiger partial charge < -0.3 is 0 Å². The third-order valence-corrected chi connectivity index (χ3v) is 4.75. The number of hydrogen-bond donors (Lipinski definition) is 0. The molecule has 0 radical (unpaired) electrons. The van der Waals surface area contributed by atoms with Gasteiger partial charge in [0.15, 0.2) is 0 Å². The molecule has 1 aromatic rings. The van der Waals surface area contributed by atoms with Crippen molar-refractivity contribution in [3.05, 3.63) is 46.5 Å². The standard InChI is InChI=1S/C16H21NO2S/c1-13(7-8-14-5-3-2-4-6-14)20-16-11-9-15(10-12-16)17(18)19/h7-14H,2-6H2,1H3/b8-7+. The lowest BCUT2D eigenvalue weighted by Crippen LogP contribution is -2.03. The topological polar surface area (TPSA) is 43.1 Å². The zero-order valence-corrected chi connectivity index (χ0v) is 12.6. The van der Waals surface area contributed by atoms with E-state index in [-0.39, 0.29) is 10.6 Å². The molecule has 0 amide bonds. The number of allylic oxidation sites excluding steroid dienone is 1. The van der Waals surface area contributed by atoms with Crippen molar-refractivity contribution in [3.8, 4) is 0 Å². The molecule has 1 aromatic carbocycles. The molecule has 0 bridgehead atoms. The Morgan fingerprint density at radius 3 is 2.50 bits per heavy atom. The summed E-state index contributed by atoms with van der Waals surface area (Å²) < 4.78 is 0. The van der Waals surface area contributed by atoms with Crippen molar-refractivity contribution in [1.29, 1.82) is 0 Å². The van der Waals surface area contributed by atoms with E-state index in [0.717, 1.165) is 10.8 Å². The summed E-state index contributed by atoms with van der Waals surface area (Å²) in [4.78, 5) is 11.3. The minimum absolute atomic E-state index is 0.153. The van der Waals surface area contributed by atoms with E-state index < -0.39 is 0 Å². The number of hydrogen-bond acceptors (Lipinski definition) is 3. The largest absolute Gasteiger partial charge is 0.269 e. The number of nitro groups is 1. The Hall–Kier alpha value is -1.29. The van der Waals surface area contributed by atoms with Gasteiger partial charge in [0.25, 0.3) is 5.69 Å². The zero-order valence-electron chi connectivity index (χ0n) is 11.8. The number of nitrogens with zero attached hydrogens (tertiary/aromatic N) is 1. The Labute approximate surface area is 124 Å². The SMILES string of the molecule is CC(/C=C/C1CCCCC1)Sc1ccc([N+](=O)[O-])cc1. The zero-order chi connectivity index (χ0) is 14.4. The smallest absolute Gasteiger partial charge is 0.258 e. The Morgan fingerprint density at radius 2 is 1.90 bits per heavy atom. The van der Waals surface area contributed by atoms with E-state index in [1.54, 1.807) is 23.9 Å². The minimum atomic E-state index is -0.360. The first kappa shape index (κ1) is 15.1. The lowest BCUT2D eigenvalue weighted by molar-refractivity contribution is -0.384. The molecule has 0 N–H and O–H groups in total. The van der Waals surface area contributed by atoms with E-state index in [0.29, 0.717) is 5.25 Å². The molecule has 0 saturated heterocycles. The average Bonchev–Trinajstić information content (AvgIpc) is 2.47. The second kappa shape index (κ2) is 7.48. The van der Waals surface area contributed by atoms with Crippen molar-refractivity contribution in [2.45, 2.75) is 49.2 Å². The van der Waals surface area contributed by atoms with Crippen LogP contribution in [0.3, 0.4) is 0 Å². The summed E-state index contributed by atoms with van der Waals surface area (Å²) in [5.74, 6) is 0.753. The van der Waals surface area contributed by atoms with Crippen molar-refractivity contribution in [2.24, 2.45) is 5.92 Å². The van der Waals surface area contributed by atoms with Gasteiger partial charge in [-0.3, -0.25) is 10.1 Å². The molecular formula is C16H21NO2S. The van der Waals surface area contributed by atoms with Crippen molar-refractivity contribution in [2.75, 3.05) is 0 Å². The maximum atomic E-state index is 10.6. The van der Waals surface area contributed by atoms with Crippen LogP contribution in [0.25, 0.3) is 0 Å². The first-order chi connectivity index (χ1) is 9.65.